The minimum atomic E-state index is -4.61. The third-order valence-electron chi connectivity index (χ3n) is 7.29. The Kier molecular flexibility index (Phi) is 7.47. The molecule has 38 heavy (non-hydrogen) atoms. The van der Waals surface area contributed by atoms with Gasteiger partial charge in [0.1, 0.15) is 24.6 Å². The molecule has 0 bridgehead atoms. The molecule has 2 aliphatic rings. The zero-order chi connectivity index (χ0) is 27.1. The van der Waals surface area contributed by atoms with Gasteiger partial charge in [-0.2, -0.15) is 13.2 Å². The van der Waals surface area contributed by atoms with Crippen LogP contribution in [0.4, 0.5) is 18.9 Å². The summed E-state index contributed by atoms with van der Waals surface area (Å²) in [6, 6.07) is 13.7. The minimum Gasteiger partial charge on any atom is -0.491 e. The van der Waals surface area contributed by atoms with E-state index in [-0.39, 0.29) is 30.4 Å². The highest BCUT2D eigenvalue weighted by Gasteiger charge is 2.42. The molecule has 0 saturated carbocycles. The summed E-state index contributed by atoms with van der Waals surface area (Å²) in [7, 11) is 0.331. The highest BCUT2D eigenvalue weighted by molar-refractivity contribution is 6.76. The molecule has 206 valence electrons. The predicted molar refractivity (Wildman–Crippen MR) is 143 cm³/mol. The molecule has 3 heterocycles. The molecule has 1 fully saturated rings. The number of anilines is 1. The number of aromatic nitrogens is 2. The molecule has 0 spiro atoms. The van der Waals surface area contributed by atoms with Crippen LogP contribution in [0.25, 0.3) is 11.0 Å². The average Bonchev–Trinajstić information content (AvgIpc) is 3.22. The van der Waals surface area contributed by atoms with Gasteiger partial charge in [-0.1, -0.05) is 43.9 Å². The van der Waals surface area contributed by atoms with Gasteiger partial charge in [0.25, 0.3) is 0 Å². The maximum absolute atomic E-state index is 14.1. The lowest BCUT2D eigenvalue weighted by molar-refractivity contribution is -0.149. The Hall–Kier alpha value is -2.60. The van der Waals surface area contributed by atoms with E-state index < -0.39 is 20.1 Å². The number of alkyl halides is 3. The van der Waals surface area contributed by atoms with E-state index in [4.69, 9.17) is 14.2 Å². The third kappa shape index (κ3) is 5.56. The molecular formula is C27H35F3N4O3Si. The van der Waals surface area contributed by atoms with E-state index in [1.165, 1.54) is 0 Å². The van der Waals surface area contributed by atoms with Crippen LogP contribution in [0, 0.1) is 0 Å². The number of likely N-dealkylation sites (tertiary alicyclic amines) is 1. The highest BCUT2D eigenvalue weighted by atomic mass is 28.3. The fourth-order valence-corrected chi connectivity index (χ4v) is 5.80. The van der Waals surface area contributed by atoms with Gasteiger partial charge in [-0.25, -0.2) is 4.98 Å². The van der Waals surface area contributed by atoms with Crippen LogP contribution in [0.15, 0.2) is 42.5 Å². The second kappa shape index (κ2) is 10.5. The number of nitrogens with one attached hydrogen (secondary N) is 1. The Morgan fingerprint density at radius 2 is 1.87 bits per heavy atom. The van der Waals surface area contributed by atoms with Crippen LogP contribution in [-0.4, -0.2) is 68.1 Å². The van der Waals surface area contributed by atoms with Gasteiger partial charge in [0.05, 0.1) is 29.4 Å². The Balaban J connectivity index is 1.48. The number of para-hydroxylation sites is 2. The monoisotopic (exact) mass is 548 g/mol. The van der Waals surface area contributed by atoms with Crippen LogP contribution in [0.5, 0.6) is 5.75 Å². The molecule has 5 rings (SSSR count). The lowest BCUT2D eigenvalue weighted by atomic mass is 9.92. The first-order valence-electron chi connectivity index (χ1n) is 12.9. The van der Waals surface area contributed by atoms with Crippen molar-refractivity contribution in [3.8, 4) is 5.75 Å². The maximum Gasteiger partial charge on any atom is 0.449 e. The number of methoxy groups -OCH3 is 1. The summed E-state index contributed by atoms with van der Waals surface area (Å²) in [4.78, 5) is 6.39. The lowest BCUT2D eigenvalue weighted by Crippen LogP contribution is -2.60. The topological polar surface area (TPSA) is 60.8 Å². The summed E-state index contributed by atoms with van der Waals surface area (Å²) in [6.07, 6.45) is -4.44. The van der Waals surface area contributed by atoms with Gasteiger partial charge in [-0.3, -0.25) is 9.47 Å². The van der Waals surface area contributed by atoms with E-state index >= 15 is 0 Å². The Morgan fingerprint density at radius 1 is 1.11 bits per heavy atom. The zero-order valence-electron chi connectivity index (χ0n) is 22.2. The van der Waals surface area contributed by atoms with Crippen molar-refractivity contribution in [2.75, 3.05) is 38.7 Å². The van der Waals surface area contributed by atoms with Gasteiger partial charge in [-0.15, -0.1) is 0 Å². The number of nitrogens with zero attached hydrogens (tertiary/aromatic N) is 3. The zero-order valence-corrected chi connectivity index (χ0v) is 23.2. The van der Waals surface area contributed by atoms with Gasteiger partial charge in [0.2, 0.25) is 5.82 Å². The fourth-order valence-electron chi connectivity index (χ4n) is 5.04. The first kappa shape index (κ1) is 27.0. The molecule has 2 aromatic carbocycles. The Labute approximate surface area is 221 Å². The Morgan fingerprint density at radius 3 is 2.58 bits per heavy atom. The molecular weight excluding hydrogens is 513 g/mol. The molecule has 1 saturated heterocycles. The molecule has 0 radical (unpaired) electrons. The highest BCUT2D eigenvalue weighted by Crippen LogP contribution is 2.40. The average molecular weight is 549 g/mol. The first-order chi connectivity index (χ1) is 18.0. The van der Waals surface area contributed by atoms with Crippen molar-refractivity contribution in [2.24, 2.45) is 0 Å². The molecule has 1 N–H and O–H groups in total. The van der Waals surface area contributed by atoms with Crippen molar-refractivity contribution in [2.45, 2.75) is 56.8 Å². The number of rotatable bonds is 9. The summed E-state index contributed by atoms with van der Waals surface area (Å²) in [5.41, 5.74) is 2.17. The molecule has 0 amide bonds. The summed E-state index contributed by atoms with van der Waals surface area (Å²) < 4.78 is 60.6. The van der Waals surface area contributed by atoms with Crippen molar-refractivity contribution in [1.29, 1.82) is 0 Å². The maximum atomic E-state index is 14.1. The van der Waals surface area contributed by atoms with Gasteiger partial charge < -0.3 is 19.5 Å². The number of imidazole rings is 1. The molecule has 7 nitrogen and oxygen atoms in total. The number of halogens is 3. The largest absolute Gasteiger partial charge is 0.491 e. The Bertz CT molecular complexity index is 1270. The number of ether oxygens (including phenoxy) is 3. The first-order valence-corrected chi connectivity index (χ1v) is 16.6. The molecule has 3 aromatic rings. The molecule has 11 heteroatoms. The predicted octanol–water partition coefficient (Wildman–Crippen LogP) is 5.61. The SMILES string of the molecule is COC1CN([C@H]2COc3ccccc3[C@@H]2Nc2cccc3c2nc(C(F)(F)F)n3COCC[Si](C)(C)C)C1. The third-order valence-corrected chi connectivity index (χ3v) is 8.99. The number of fused-ring (bicyclic) bond motifs is 2. The second-order valence-corrected chi connectivity index (χ2v) is 16.9. The molecule has 0 unspecified atom stereocenters. The van der Waals surface area contributed by atoms with Gasteiger partial charge in [0.15, 0.2) is 0 Å². The van der Waals surface area contributed by atoms with Crippen LogP contribution in [0.2, 0.25) is 25.7 Å². The molecule has 2 aliphatic heterocycles. The van der Waals surface area contributed by atoms with Crippen LogP contribution < -0.4 is 10.1 Å². The van der Waals surface area contributed by atoms with Crippen molar-refractivity contribution in [3.05, 3.63) is 53.9 Å². The van der Waals surface area contributed by atoms with E-state index in [1.54, 1.807) is 25.3 Å². The summed E-state index contributed by atoms with van der Waals surface area (Å²) in [5, 5.41) is 3.55. The van der Waals surface area contributed by atoms with E-state index in [0.29, 0.717) is 24.4 Å². The normalized spacial score (nSPS) is 20.7. The van der Waals surface area contributed by atoms with E-state index in [0.717, 1.165) is 35.0 Å². The number of hydrogen-bond acceptors (Lipinski definition) is 6. The van der Waals surface area contributed by atoms with E-state index in [1.807, 2.05) is 24.3 Å². The minimum absolute atomic E-state index is 0.0133. The van der Waals surface area contributed by atoms with E-state index in [9.17, 15) is 13.2 Å². The van der Waals surface area contributed by atoms with Crippen molar-refractivity contribution in [1.82, 2.24) is 14.5 Å². The fraction of sp³-hybridized carbons (Fsp3) is 0.519. The van der Waals surface area contributed by atoms with Crippen LogP contribution in [0.1, 0.15) is 17.4 Å². The van der Waals surface area contributed by atoms with Gasteiger partial charge in [0, 0.05) is 40.4 Å². The molecule has 2 atom stereocenters. The van der Waals surface area contributed by atoms with E-state index in [2.05, 4.69) is 34.8 Å². The summed E-state index contributed by atoms with van der Waals surface area (Å²) in [6.45, 7) is 8.86. The lowest BCUT2D eigenvalue weighted by Gasteiger charge is -2.48. The summed E-state index contributed by atoms with van der Waals surface area (Å²) >= 11 is 0. The smallest absolute Gasteiger partial charge is 0.449 e. The quantitative estimate of drug-likeness (QED) is 0.277. The second-order valence-electron chi connectivity index (χ2n) is 11.2. The van der Waals surface area contributed by atoms with Crippen molar-refractivity contribution >= 4 is 24.8 Å². The number of benzene rings is 2. The molecule has 0 aliphatic carbocycles. The summed E-state index contributed by atoms with van der Waals surface area (Å²) in [5.74, 6) is -0.182. The van der Waals surface area contributed by atoms with Crippen molar-refractivity contribution in [3.63, 3.8) is 0 Å². The van der Waals surface area contributed by atoms with Gasteiger partial charge >= 0.3 is 6.18 Å². The standard InChI is InChI=1S/C27H35F3N4O3Si/c1-35-18-14-33(15-18)22-16-37-23-11-6-5-8-19(23)24(22)31-20-9-7-10-21-25(20)32-26(27(28,29)30)34(21)17-36-12-13-38(2,3)4/h5-11,18,22,24,31H,12-17H2,1-4H3/t22-,24-/m0/s1. The van der Waals surface area contributed by atoms with Crippen molar-refractivity contribution < 1.29 is 27.4 Å². The van der Waals surface area contributed by atoms with Gasteiger partial charge in [-0.05, 0) is 24.2 Å². The molecule has 1 aromatic heterocycles. The van der Waals surface area contributed by atoms with Crippen LogP contribution in [-0.2, 0) is 22.4 Å². The number of hydrogen-bond donors (Lipinski definition) is 1. The van der Waals surface area contributed by atoms with Crippen LogP contribution in [0.3, 0.4) is 0 Å². The van der Waals surface area contributed by atoms with Crippen LogP contribution >= 0.6 is 0 Å².